The van der Waals surface area contributed by atoms with Crippen molar-refractivity contribution >= 4 is 62.3 Å². The van der Waals surface area contributed by atoms with Gasteiger partial charge in [0.25, 0.3) is 10.0 Å². The smallest absolute Gasteiger partial charge is 0.352 e. The number of halogens is 6. The van der Waals surface area contributed by atoms with Gasteiger partial charge in [-0.15, -0.1) is 0 Å². The van der Waals surface area contributed by atoms with Gasteiger partial charge >= 0.3 is 6.18 Å². The van der Waals surface area contributed by atoms with E-state index in [1.807, 2.05) is 0 Å². The average Bonchev–Trinajstić information content (AvgIpc) is 2.90. The Morgan fingerprint density at radius 3 is 2.02 bits per heavy atom. The van der Waals surface area contributed by atoms with E-state index in [0.717, 1.165) is 22.6 Å². The van der Waals surface area contributed by atoms with E-state index in [9.17, 15) is 31.2 Å². The lowest BCUT2D eigenvalue weighted by molar-refractivity contribution is -0.139. The Bertz CT molecular complexity index is 1580. The molecule has 0 aromatic heterocycles. The van der Waals surface area contributed by atoms with Crippen molar-refractivity contribution in [1.29, 1.82) is 0 Å². The summed E-state index contributed by atoms with van der Waals surface area (Å²) in [5.74, 6) is -1.45. The summed E-state index contributed by atoms with van der Waals surface area (Å²) in [5, 5.41) is 2.44. The summed E-state index contributed by atoms with van der Waals surface area (Å²) in [7, 11) is -4.61. The average molecular weight is 679 g/mol. The number of alkyl halides is 3. The molecule has 43 heavy (non-hydrogen) atoms. The Hall–Kier alpha value is -2.99. The van der Waals surface area contributed by atoms with Crippen LogP contribution in [0.15, 0.2) is 65.6 Å². The van der Waals surface area contributed by atoms with E-state index in [1.165, 1.54) is 43.3 Å². The van der Waals surface area contributed by atoms with Crippen molar-refractivity contribution in [2.24, 2.45) is 0 Å². The first kappa shape index (κ1) is 34.5. The van der Waals surface area contributed by atoms with Gasteiger partial charge in [0.05, 0.1) is 21.2 Å². The Kier molecular flexibility index (Phi) is 11.0. The summed E-state index contributed by atoms with van der Waals surface area (Å²) in [5.41, 5.74) is -0.712. The fourth-order valence-corrected chi connectivity index (χ4v) is 6.24. The van der Waals surface area contributed by atoms with Gasteiger partial charge in [0.2, 0.25) is 11.8 Å². The SMILES string of the molecule is Cc1ccc(S(=O)(=O)N(CC(=O)N(Cc2c(Cl)cccc2Cl)[C@@H](C)C(=O)NC(C)C)c2ccc(Cl)c(C(F)(F)F)c2)cc1. The van der Waals surface area contributed by atoms with Crippen molar-refractivity contribution in [2.75, 3.05) is 10.8 Å². The van der Waals surface area contributed by atoms with Gasteiger partial charge in [-0.05, 0) is 70.2 Å². The topological polar surface area (TPSA) is 86.8 Å². The van der Waals surface area contributed by atoms with E-state index < -0.39 is 56.9 Å². The van der Waals surface area contributed by atoms with Crippen molar-refractivity contribution in [2.45, 2.75) is 57.4 Å². The molecule has 232 valence electrons. The van der Waals surface area contributed by atoms with E-state index in [2.05, 4.69) is 5.32 Å². The first-order valence-corrected chi connectivity index (χ1v) is 15.5. The van der Waals surface area contributed by atoms with Gasteiger partial charge in [-0.25, -0.2) is 8.42 Å². The quantitative estimate of drug-likeness (QED) is 0.248. The summed E-state index contributed by atoms with van der Waals surface area (Å²) < 4.78 is 69.6. The maximum absolute atomic E-state index is 14.0. The number of sulfonamides is 1. The normalized spacial score (nSPS) is 12.6. The fourth-order valence-electron chi connectivity index (χ4n) is 4.09. The molecule has 0 aliphatic rings. The summed E-state index contributed by atoms with van der Waals surface area (Å²) in [6.45, 7) is 5.34. The molecule has 0 saturated heterocycles. The Morgan fingerprint density at radius 2 is 1.49 bits per heavy atom. The van der Waals surface area contributed by atoms with E-state index in [0.29, 0.717) is 15.9 Å². The zero-order valence-electron chi connectivity index (χ0n) is 23.5. The molecule has 3 aromatic rings. The molecule has 3 rings (SSSR count). The summed E-state index contributed by atoms with van der Waals surface area (Å²) in [6.07, 6.45) is -4.91. The summed E-state index contributed by atoms with van der Waals surface area (Å²) in [6, 6.07) is 11.3. The molecule has 1 atom stereocenters. The highest BCUT2D eigenvalue weighted by molar-refractivity contribution is 7.92. The van der Waals surface area contributed by atoms with E-state index in [-0.39, 0.29) is 27.5 Å². The highest BCUT2D eigenvalue weighted by Crippen LogP contribution is 2.38. The molecule has 0 aliphatic heterocycles. The van der Waals surface area contributed by atoms with Crippen LogP contribution in [0.1, 0.15) is 37.5 Å². The molecule has 14 heteroatoms. The third-order valence-corrected chi connectivity index (χ3v) is 9.25. The number of hydrogen-bond acceptors (Lipinski definition) is 4. The van der Waals surface area contributed by atoms with Crippen LogP contribution < -0.4 is 9.62 Å². The second kappa shape index (κ2) is 13.8. The zero-order valence-corrected chi connectivity index (χ0v) is 26.6. The third kappa shape index (κ3) is 8.35. The number of anilines is 1. The second-order valence-corrected chi connectivity index (χ2v) is 13.1. The van der Waals surface area contributed by atoms with Gasteiger partial charge in [0, 0.05) is 28.2 Å². The molecule has 0 bridgehead atoms. The van der Waals surface area contributed by atoms with Crippen LogP contribution in [0.25, 0.3) is 0 Å². The fraction of sp³-hybridized carbons (Fsp3) is 0.310. The van der Waals surface area contributed by atoms with Gasteiger partial charge < -0.3 is 10.2 Å². The van der Waals surface area contributed by atoms with E-state index in [4.69, 9.17) is 34.8 Å². The molecule has 0 fully saturated rings. The molecule has 0 saturated carbocycles. The molecule has 0 heterocycles. The minimum atomic E-state index is -4.91. The van der Waals surface area contributed by atoms with Gasteiger partial charge in [0.15, 0.2) is 0 Å². The van der Waals surface area contributed by atoms with Crippen LogP contribution >= 0.6 is 34.8 Å². The maximum atomic E-state index is 14.0. The first-order valence-electron chi connectivity index (χ1n) is 12.9. The Labute approximate surface area is 263 Å². The van der Waals surface area contributed by atoms with Crippen molar-refractivity contribution in [3.05, 3.63) is 92.4 Å². The largest absolute Gasteiger partial charge is 0.417 e. The van der Waals surface area contributed by atoms with Crippen molar-refractivity contribution in [3.63, 3.8) is 0 Å². The number of carbonyl (C=O) groups is 2. The highest BCUT2D eigenvalue weighted by atomic mass is 35.5. The minimum Gasteiger partial charge on any atom is -0.352 e. The molecule has 0 radical (unpaired) electrons. The highest BCUT2D eigenvalue weighted by Gasteiger charge is 2.37. The van der Waals surface area contributed by atoms with Crippen LogP contribution in [0, 0.1) is 6.92 Å². The molecular weight excluding hydrogens is 650 g/mol. The molecule has 0 spiro atoms. The van der Waals surface area contributed by atoms with Gasteiger partial charge in [-0.2, -0.15) is 13.2 Å². The predicted octanol–water partition coefficient (Wildman–Crippen LogP) is 7.11. The lowest BCUT2D eigenvalue weighted by atomic mass is 10.1. The van der Waals surface area contributed by atoms with Gasteiger partial charge in [0.1, 0.15) is 12.6 Å². The molecule has 0 unspecified atom stereocenters. The van der Waals surface area contributed by atoms with Crippen molar-refractivity contribution in [3.8, 4) is 0 Å². The third-order valence-electron chi connectivity index (χ3n) is 6.42. The van der Waals surface area contributed by atoms with Crippen LogP contribution in [-0.4, -0.2) is 43.8 Å². The molecule has 0 aliphatic carbocycles. The lowest BCUT2D eigenvalue weighted by Gasteiger charge is -2.33. The molecule has 2 amide bonds. The van der Waals surface area contributed by atoms with Crippen LogP contribution in [0.3, 0.4) is 0 Å². The first-order chi connectivity index (χ1) is 19.9. The monoisotopic (exact) mass is 677 g/mol. The van der Waals surface area contributed by atoms with Crippen molar-refractivity contribution in [1.82, 2.24) is 10.2 Å². The number of benzene rings is 3. The standard InChI is InChI=1S/C29H29Cl3F3N3O4S/c1-17(2)36-28(40)19(4)37(15-22-24(30)6-5-7-25(22)31)27(39)16-38(43(41,42)21-11-8-18(3)9-12-21)20-10-13-26(32)23(14-20)29(33,34)35/h5-14,17,19H,15-16H2,1-4H3,(H,36,40)/t19-/m0/s1. The predicted molar refractivity (Wildman–Crippen MR) is 162 cm³/mol. The maximum Gasteiger partial charge on any atom is 0.417 e. The number of aryl methyl sites for hydroxylation is 1. The number of hydrogen-bond donors (Lipinski definition) is 1. The Balaban J connectivity index is 2.16. The van der Waals surface area contributed by atoms with Crippen LogP contribution in [0.2, 0.25) is 15.1 Å². The summed E-state index contributed by atoms with van der Waals surface area (Å²) in [4.78, 5) is 27.8. The minimum absolute atomic E-state index is 0.193. The molecule has 3 aromatic carbocycles. The van der Waals surface area contributed by atoms with Crippen LogP contribution in [0.5, 0.6) is 0 Å². The lowest BCUT2D eigenvalue weighted by Crippen LogP contribution is -2.52. The van der Waals surface area contributed by atoms with E-state index >= 15 is 0 Å². The van der Waals surface area contributed by atoms with Gasteiger partial charge in [-0.1, -0.05) is 58.6 Å². The van der Waals surface area contributed by atoms with Crippen LogP contribution in [-0.2, 0) is 32.3 Å². The second-order valence-electron chi connectivity index (χ2n) is 10.0. The molecular formula is C29H29Cl3F3N3O4S. The summed E-state index contributed by atoms with van der Waals surface area (Å²) >= 11 is 18.5. The van der Waals surface area contributed by atoms with Crippen LogP contribution in [0.4, 0.5) is 18.9 Å². The number of amides is 2. The Morgan fingerprint density at radius 1 is 0.907 bits per heavy atom. The number of rotatable bonds is 10. The number of nitrogens with zero attached hydrogens (tertiary/aromatic N) is 2. The number of carbonyl (C=O) groups excluding carboxylic acids is 2. The zero-order chi connectivity index (χ0) is 32.3. The molecule has 7 nitrogen and oxygen atoms in total. The van der Waals surface area contributed by atoms with Crippen molar-refractivity contribution < 1.29 is 31.2 Å². The van der Waals surface area contributed by atoms with Gasteiger partial charge in [-0.3, -0.25) is 13.9 Å². The number of nitrogens with one attached hydrogen (secondary N) is 1. The van der Waals surface area contributed by atoms with E-state index in [1.54, 1.807) is 26.8 Å². The molecule has 1 N–H and O–H groups in total.